The molecule has 1 N–H and O–H groups in total. The third-order valence-corrected chi connectivity index (χ3v) is 2.73. The Morgan fingerprint density at radius 1 is 1.45 bits per heavy atom. The molecular weight excluding hydrogens is 302 g/mol. The minimum Gasteiger partial charge on any atom is -0.494 e. The van der Waals surface area contributed by atoms with Crippen LogP contribution in [0.1, 0.15) is 17.0 Å². The number of aromatic nitrogens is 2. The van der Waals surface area contributed by atoms with Crippen molar-refractivity contribution in [3.63, 3.8) is 0 Å². The van der Waals surface area contributed by atoms with Crippen LogP contribution in [0.3, 0.4) is 0 Å². The number of nitrogens with one attached hydrogen (secondary N) is 1. The number of anilines is 1. The topological polar surface area (TPSA) is 99.3 Å². The molecule has 1 aromatic heterocycles. The number of nitro groups is 1. The molecule has 1 heterocycles. The van der Waals surface area contributed by atoms with E-state index in [2.05, 4.69) is 10.4 Å². The number of halogens is 2. The Morgan fingerprint density at radius 3 is 2.77 bits per heavy atom. The molecule has 0 spiro atoms. The number of amides is 1. The summed E-state index contributed by atoms with van der Waals surface area (Å²) in [5.41, 5.74) is -0.469. The van der Waals surface area contributed by atoms with E-state index < -0.39 is 17.4 Å². The molecule has 0 fully saturated rings. The van der Waals surface area contributed by atoms with Gasteiger partial charge < -0.3 is 10.1 Å². The summed E-state index contributed by atoms with van der Waals surface area (Å²) in [6.07, 6.45) is 1.06. The number of methoxy groups -OCH3 is 1. The van der Waals surface area contributed by atoms with Crippen LogP contribution in [-0.2, 0) is 0 Å². The number of hydrogen-bond donors (Lipinski definition) is 1. The monoisotopic (exact) mass is 312 g/mol. The second-order valence-corrected chi connectivity index (χ2v) is 4.03. The summed E-state index contributed by atoms with van der Waals surface area (Å²) in [6.45, 7) is -2.96. The van der Waals surface area contributed by atoms with Crippen molar-refractivity contribution >= 4 is 17.3 Å². The molecule has 0 bridgehead atoms. The summed E-state index contributed by atoms with van der Waals surface area (Å²) < 4.78 is 30.5. The van der Waals surface area contributed by atoms with Crippen molar-refractivity contribution in [2.45, 2.75) is 6.55 Å². The van der Waals surface area contributed by atoms with Crippen LogP contribution in [0.4, 0.5) is 20.2 Å². The Bertz CT molecular complexity index is 717. The van der Waals surface area contributed by atoms with Gasteiger partial charge in [-0.05, 0) is 12.1 Å². The molecule has 1 aromatic carbocycles. The highest BCUT2D eigenvalue weighted by molar-refractivity contribution is 6.03. The van der Waals surface area contributed by atoms with Gasteiger partial charge in [-0.15, -0.1) is 0 Å². The van der Waals surface area contributed by atoms with Crippen molar-refractivity contribution in [2.24, 2.45) is 0 Å². The highest BCUT2D eigenvalue weighted by atomic mass is 19.3. The molecule has 10 heteroatoms. The first-order chi connectivity index (χ1) is 10.4. The fourth-order valence-corrected chi connectivity index (χ4v) is 1.73. The number of hydrogen-bond acceptors (Lipinski definition) is 5. The molecule has 116 valence electrons. The lowest BCUT2D eigenvalue weighted by Crippen LogP contribution is -2.18. The molecular formula is C12H10F2N4O4. The first-order valence-corrected chi connectivity index (χ1v) is 5.89. The van der Waals surface area contributed by atoms with Crippen LogP contribution in [-0.4, -0.2) is 27.7 Å². The number of ether oxygens (including phenoxy) is 1. The summed E-state index contributed by atoms with van der Waals surface area (Å²) in [7, 11) is 1.26. The number of benzene rings is 1. The van der Waals surface area contributed by atoms with Crippen molar-refractivity contribution < 1.29 is 23.2 Å². The van der Waals surface area contributed by atoms with Crippen molar-refractivity contribution in [2.75, 3.05) is 12.4 Å². The SMILES string of the molecule is COc1cc([N+](=O)[O-])ccc1NC(=O)c1ccnn1C(F)F. The van der Waals surface area contributed by atoms with Crippen molar-refractivity contribution in [1.29, 1.82) is 0 Å². The highest BCUT2D eigenvalue weighted by Crippen LogP contribution is 2.29. The quantitative estimate of drug-likeness (QED) is 0.675. The average Bonchev–Trinajstić information content (AvgIpc) is 2.97. The summed E-state index contributed by atoms with van der Waals surface area (Å²) in [4.78, 5) is 22.0. The fraction of sp³-hybridized carbons (Fsp3) is 0.167. The van der Waals surface area contributed by atoms with Gasteiger partial charge in [0.1, 0.15) is 11.4 Å². The lowest BCUT2D eigenvalue weighted by atomic mass is 10.2. The fourth-order valence-electron chi connectivity index (χ4n) is 1.73. The number of nitrogens with zero attached hydrogens (tertiary/aromatic N) is 3. The maximum Gasteiger partial charge on any atom is 0.333 e. The standard InChI is InChI=1S/C12H10F2N4O4/c1-22-10-6-7(18(20)21)2-3-8(10)16-11(19)9-4-5-15-17(9)12(13)14/h2-6,12H,1H3,(H,16,19). The Morgan fingerprint density at radius 2 is 2.18 bits per heavy atom. The van der Waals surface area contributed by atoms with Gasteiger partial charge in [-0.25, -0.2) is 0 Å². The number of rotatable bonds is 5. The predicted octanol–water partition coefficient (Wildman–Crippen LogP) is 2.45. The molecule has 0 saturated heterocycles. The van der Waals surface area contributed by atoms with Gasteiger partial charge in [0.15, 0.2) is 0 Å². The third kappa shape index (κ3) is 3.00. The van der Waals surface area contributed by atoms with E-state index in [-0.39, 0.29) is 27.5 Å². The molecule has 0 aliphatic heterocycles. The third-order valence-electron chi connectivity index (χ3n) is 2.73. The van der Waals surface area contributed by atoms with Crippen LogP contribution in [0.25, 0.3) is 0 Å². The number of carbonyl (C=O) groups is 1. The lowest BCUT2D eigenvalue weighted by Gasteiger charge is -2.10. The summed E-state index contributed by atoms with van der Waals surface area (Å²) >= 11 is 0. The maximum atomic E-state index is 12.7. The molecule has 2 rings (SSSR count). The predicted molar refractivity (Wildman–Crippen MR) is 71.1 cm³/mol. The molecule has 2 aromatic rings. The number of carbonyl (C=O) groups excluding carboxylic acids is 1. The molecule has 0 saturated carbocycles. The van der Waals surface area contributed by atoms with Crippen LogP contribution < -0.4 is 10.1 Å². The van der Waals surface area contributed by atoms with E-state index >= 15 is 0 Å². The van der Waals surface area contributed by atoms with Gasteiger partial charge in [-0.3, -0.25) is 14.9 Å². The van der Waals surface area contributed by atoms with Crippen molar-refractivity contribution in [3.8, 4) is 5.75 Å². The molecule has 8 nitrogen and oxygen atoms in total. The van der Waals surface area contributed by atoms with Crippen molar-refractivity contribution in [1.82, 2.24) is 9.78 Å². The van der Waals surface area contributed by atoms with E-state index in [9.17, 15) is 23.7 Å². The van der Waals surface area contributed by atoms with Crippen LogP contribution in [0, 0.1) is 10.1 Å². The Hall–Kier alpha value is -3.04. The van der Waals surface area contributed by atoms with Gasteiger partial charge in [0.2, 0.25) is 0 Å². The normalized spacial score (nSPS) is 10.5. The van der Waals surface area contributed by atoms with Gasteiger partial charge in [-0.1, -0.05) is 0 Å². The van der Waals surface area contributed by atoms with E-state index in [1.807, 2.05) is 0 Å². The lowest BCUT2D eigenvalue weighted by molar-refractivity contribution is -0.384. The number of alkyl halides is 2. The smallest absolute Gasteiger partial charge is 0.333 e. The molecule has 0 atom stereocenters. The molecule has 0 radical (unpaired) electrons. The van der Waals surface area contributed by atoms with E-state index in [0.29, 0.717) is 0 Å². The minimum atomic E-state index is -2.96. The molecule has 0 unspecified atom stereocenters. The maximum absolute atomic E-state index is 12.7. The summed E-state index contributed by atoms with van der Waals surface area (Å²) in [5, 5.41) is 16.4. The van der Waals surface area contributed by atoms with Gasteiger partial charge in [-0.2, -0.15) is 18.6 Å². The Labute approximate surface area is 122 Å². The molecule has 22 heavy (non-hydrogen) atoms. The Kier molecular flexibility index (Phi) is 4.30. The van der Waals surface area contributed by atoms with Gasteiger partial charge >= 0.3 is 6.55 Å². The van der Waals surface area contributed by atoms with Crippen LogP contribution in [0.5, 0.6) is 5.75 Å². The van der Waals surface area contributed by atoms with E-state index in [1.54, 1.807) is 0 Å². The molecule has 0 aliphatic rings. The minimum absolute atomic E-state index is 0.0330. The average molecular weight is 312 g/mol. The highest BCUT2D eigenvalue weighted by Gasteiger charge is 2.20. The van der Waals surface area contributed by atoms with Crippen LogP contribution >= 0.6 is 0 Å². The summed E-state index contributed by atoms with van der Waals surface area (Å²) in [6, 6.07) is 4.64. The van der Waals surface area contributed by atoms with Gasteiger partial charge in [0.05, 0.1) is 23.8 Å². The van der Waals surface area contributed by atoms with Crippen LogP contribution in [0.2, 0.25) is 0 Å². The zero-order valence-electron chi connectivity index (χ0n) is 11.2. The summed E-state index contributed by atoms with van der Waals surface area (Å²) in [5.74, 6) is -0.810. The second kappa shape index (κ2) is 6.16. The largest absolute Gasteiger partial charge is 0.494 e. The van der Waals surface area contributed by atoms with Gasteiger partial charge in [0, 0.05) is 12.3 Å². The van der Waals surface area contributed by atoms with E-state index in [4.69, 9.17) is 4.74 Å². The Balaban J connectivity index is 2.28. The molecule has 1 amide bonds. The molecule has 0 aliphatic carbocycles. The van der Waals surface area contributed by atoms with Crippen LogP contribution in [0.15, 0.2) is 30.5 Å². The second-order valence-electron chi connectivity index (χ2n) is 4.03. The van der Waals surface area contributed by atoms with Crippen molar-refractivity contribution in [3.05, 3.63) is 46.3 Å². The van der Waals surface area contributed by atoms with Gasteiger partial charge in [0.25, 0.3) is 11.6 Å². The zero-order valence-corrected chi connectivity index (χ0v) is 11.2. The first kappa shape index (κ1) is 15.4. The zero-order chi connectivity index (χ0) is 16.3. The van der Waals surface area contributed by atoms with E-state index in [1.165, 1.54) is 13.2 Å². The van der Waals surface area contributed by atoms with E-state index in [0.717, 1.165) is 24.4 Å². The number of nitro benzene ring substituents is 1. The number of non-ortho nitro benzene ring substituents is 1. The first-order valence-electron chi connectivity index (χ1n) is 5.89.